The molecule has 4 rings (SSSR count). The van der Waals surface area contributed by atoms with E-state index in [4.69, 9.17) is 0 Å². The number of benzene rings is 2. The molecule has 170 valence electrons. The van der Waals surface area contributed by atoms with Crippen LogP contribution < -0.4 is 8.61 Å². The number of thiazole rings is 1. The van der Waals surface area contributed by atoms with Crippen LogP contribution in [0.4, 0.5) is 15.2 Å². The third-order valence-electron chi connectivity index (χ3n) is 4.92. The molecule has 1 fully saturated rings. The molecule has 2 N–H and O–H groups in total. The van der Waals surface area contributed by atoms with Crippen molar-refractivity contribution in [1.82, 2.24) is 4.98 Å². The zero-order valence-electron chi connectivity index (χ0n) is 16.3. The number of aliphatic hydroxyl groups is 2. The second kappa shape index (κ2) is 8.41. The Labute approximate surface area is 188 Å². The molecule has 0 bridgehead atoms. The number of sulfonamides is 2. The summed E-state index contributed by atoms with van der Waals surface area (Å²) in [5.41, 5.74) is 0.468. The molecular formula is C19H18FN3O6S3. The third-order valence-corrected chi connectivity index (χ3v) is 10.0. The predicted octanol–water partition coefficient (Wildman–Crippen LogP) is 1.76. The van der Waals surface area contributed by atoms with Gasteiger partial charge in [-0.25, -0.2) is 9.37 Å². The van der Waals surface area contributed by atoms with Crippen LogP contribution in [0.2, 0.25) is 0 Å². The van der Waals surface area contributed by atoms with Crippen LogP contribution in [0.5, 0.6) is 0 Å². The van der Waals surface area contributed by atoms with Gasteiger partial charge < -0.3 is 15.1 Å². The maximum atomic E-state index is 13.4. The summed E-state index contributed by atoms with van der Waals surface area (Å²) < 4.78 is 66.8. The summed E-state index contributed by atoms with van der Waals surface area (Å²) in [7, 11) is -9.28. The fourth-order valence-corrected chi connectivity index (χ4v) is 7.99. The fraction of sp³-hybridized carbons (Fsp3) is 0.211. The molecule has 1 aliphatic rings. The van der Waals surface area contributed by atoms with Gasteiger partial charge in [0.15, 0.2) is 6.23 Å². The summed E-state index contributed by atoms with van der Waals surface area (Å²) in [6.45, 7) is 0.374. The maximum Gasteiger partial charge on any atom is 0.279 e. The molecule has 9 nitrogen and oxygen atoms in total. The minimum atomic E-state index is -4.65. The number of hydrogen-bond acceptors (Lipinski definition) is 9. The van der Waals surface area contributed by atoms with Crippen LogP contribution in [0.25, 0.3) is 0 Å². The average Bonchev–Trinajstić information content (AvgIpc) is 3.39. The maximum absolute atomic E-state index is 13.4. The summed E-state index contributed by atoms with van der Waals surface area (Å²) in [6, 6.07) is 9.05. The van der Waals surface area contributed by atoms with Gasteiger partial charge in [-0.3, -0.25) is 0 Å². The number of anilines is 2. The van der Waals surface area contributed by atoms with E-state index in [0.29, 0.717) is 18.7 Å². The number of rotatable bonds is 6. The van der Waals surface area contributed by atoms with Gasteiger partial charge in [0.25, 0.3) is 20.0 Å². The van der Waals surface area contributed by atoms with Crippen molar-refractivity contribution in [3.8, 4) is 0 Å². The summed E-state index contributed by atoms with van der Waals surface area (Å²) in [6.07, 6.45) is -0.413. The van der Waals surface area contributed by atoms with Gasteiger partial charge in [-0.1, -0.05) is 0 Å². The lowest BCUT2D eigenvalue weighted by molar-refractivity contribution is 0.0449. The standard InChI is InChI=1S/C19H18FN3O6S3/c20-13-1-5-15(6-2-13)31(26,27)23(19-21-10-12-30-19)32(28,29)16-7-3-14(4-8-16)22-11-9-17(24)18(22)25/h1-8,10,12,17-18,24-25H,9,11H2/t17-,18?/m1/s1. The van der Waals surface area contributed by atoms with Crippen LogP contribution in [0, 0.1) is 5.82 Å². The highest BCUT2D eigenvalue weighted by molar-refractivity contribution is 8.10. The van der Waals surface area contributed by atoms with Crippen molar-refractivity contribution < 1.29 is 31.4 Å². The molecule has 0 amide bonds. The van der Waals surface area contributed by atoms with E-state index in [2.05, 4.69) is 4.98 Å². The molecule has 0 saturated carbocycles. The lowest BCUT2D eigenvalue weighted by Crippen LogP contribution is -2.37. The first-order valence-electron chi connectivity index (χ1n) is 9.31. The fourth-order valence-electron chi connectivity index (χ4n) is 3.29. The van der Waals surface area contributed by atoms with Gasteiger partial charge in [0.2, 0.25) is 5.13 Å². The highest BCUT2D eigenvalue weighted by atomic mass is 32.3. The molecule has 2 heterocycles. The van der Waals surface area contributed by atoms with E-state index in [1.54, 1.807) is 0 Å². The van der Waals surface area contributed by atoms with E-state index < -0.39 is 43.1 Å². The molecule has 1 aromatic heterocycles. The van der Waals surface area contributed by atoms with Crippen molar-refractivity contribution in [2.24, 2.45) is 0 Å². The highest BCUT2D eigenvalue weighted by Crippen LogP contribution is 2.33. The normalized spacial score (nSPS) is 19.3. The molecule has 0 spiro atoms. The van der Waals surface area contributed by atoms with Crippen LogP contribution in [0.1, 0.15) is 6.42 Å². The molecule has 1 saturated heterocycles. The van der Waals surface area contributed by atoms with Crippen LogP contribution in [0.15, 0.2) is 69.9 Å². The van der Waals surface area contributed by atoms with Gasteiger partial charge in [-0.15, -0.1) is 15.0 Å². The van der Waals surface area contributed by atoms with Crippen molar-refractivity contribution in [3.05, 3.63) is 65.9 Å². The first-order chi connectivity index (χ1) is 15.1. The quantitative estimate of drug-likeness (QED) is 0.525. The molecule has 13 heteroatoms. The molecule has 32 heavy (non-hydrogen) atoms. The number of hydrogen-bond donors (Lipinski definition) is 2. The number of aliphatic hydroxyl groups excluding tert-OH is 2. The second-order valence-electron chi connectivity index (χ2n) is 6.93. The van der Waals surface area contributed by atoms with Crippen molar-refractivity contribution in [2.75, 3.05) is 15.2 Å². The summed E-state index contributed by atoms with van der Waals surface area (Å²) in [5.74, 6) is -0.669. The van der Waals surface area contributed by atoms with E-state index in [-0.39, 0.29) is 13.7 Å². The predicted molar refractivity (Wildman–Crippen MR) is 116 cm³/mol. The zero-order valence-corrected chi connectivity index (χ0v) is 18.8. The molecule has 3 aromatic rings. The lowest BCUT2D eigenvalue weighted by atomic mass is 10.3. The summed E-state index contributed by atoms with van der Waals surface area (Å²) >= 11 is 0.815. The second-order valence-corrected chi connectivity index (χ2v) is 11.6. The minimum Gasteiger partial charge on any atom is -0.388 e. The lowest BCUT2D eigenvalue weighted by Gasteiger charge is -2.24. The van der Waals surface area contributed by atoms with Crippen molar-refractivity contribution >= 4 is 42.2 Å². The zero-order chi connectivity index (χ0) is 23.1. The van der Waals surface area contributed by atoms with E-state index in [1.165, 1.54) is 40.7 Å². The third kappa shape index (κ3) is 3.97. The van der Waals surface area contributed by atoms with Gasteiger partial charge in [0, 0.05) is 23.8 Å². The smallest absolute Gasteiger partial charge is 0.279 e. The summed E-state index contributed by atoms with van der Waals surface area (Å²) in [4.78, 5) is 4.63. The molecule has 1 aliphatic heterocycles. The molecule has 2 atom stereocenters. The first kappa shape index (κ1) is 22.6. The van der Waals surface area contributed by atoms with Crippen LogP contribution in [-0.2, 0) is 20.0 Å². The molecule has 0 aliphatic carbocycles. The molecule has 2 aromatic carbocycles. The topological polar surface area (TPSA) is 128 Å². The van der Waals surface area contributed by atoms with Crippen molar-refractivity contribution in [1.29, 1.82) is 0 Å². The van der Waals surface area contributed by atoms with Gasteiger partial charge in [0.1, 0.15) is 11.9 Å². The molecule has 1 unspecified atom stereocenters. The SMILES string of the molecule is O=S(=O)(c1ccc(F)cc1)N(c1nccs1)S(=O)(=O)c1ccc(N2CC[C@@H](O)C2O)cc1. The van der Waals surface area contributed by atoms with E-state index >= 15 is 0 Å². The van der Waals surface area contributed by atoms with E-state index in [0.717, 1.165) is 35.6 Å². The van der Waals surface area contributed by atoms with Gasteiger partial charge in [-0.05, 0) is 55.0 Å². The minimum absolute atomic E-state index is 0.224. The average molecular weight is 500 g/mol. The molecule has 0 radical (unpaired) electrons. The largest absolute Gasteiger partial charge is 0.388 e. The van der Waals surface area contributed by atoms with Crippen LogP contribution >= 0.6 is 11.3 Å². The van der Waals surface area contributed by atoms with Gasteiger partial charge in [0.05, 0.1) is 9.79 Å². The van der Waals surface area contributed by atoms with Crippen LogP contribution in [-0.4, -0.2) is 50.9 Å². The van der Waals surface area contributed by atoms with Gasteiger partial charge in [-0.2, -0.15) is 16.8 Å². The van der Waals surface area contributed by atoms with Crippen molar-refractivity contribution in [2.45, 2.75) is 28.5 Å². The summed E-state index contributed by atoms with van der Waals surface area (Å²) in [5, 5.41) is 20.9. The van der Waals surface area contributed by atoms with Crippen LogP contribution in [0.3, 0.4) is 0 Å². The van der Waals surface area contributed by atoms with E-state index in [1.807, 2.05) is 0 Å². The molecular weight excluding hydrogens is 481 g/mol. The monoisotopic (exact) mass is 499 g/mol. The van der Waals surface area contributed by atoms with Gasteiger partial charge >= 0.3 is 0 Å². The Morgan fingerprint density at radius 3 is 2.00 bits per heavy atom. The Morgan fingerprint density at radius 1 is 0.969 bits per heavy atom. The Bertz CT molecular complexity index is 1300. The highest BCUT2D eigenvalue weighted by Gasteiger charge is 2.39. The Kier molecular flexibility index (Phi) is 5.94. The number of halogens is 1. The van der Waals surface area contributed by atoms with Crippen molar-refractivity contribution in [3.63, 3.8) is 0 Å². The number of nitrogens with zero attached hydrogens (tertiary/aromatic N) is 3. The van der Waals surface area contributed by atoms with E-state index in [9.17, 15) is 31.4 Å². The number of aromatic nitrogens is 1. The Morgan fingerprint density at radius 2 is 1.53 bits per heavy atom. The first-order valence-corrected chi connectivity index (χ1v) is 13.1. The Hall–Kier alpha value is -2.58. The Balaban J connectivity index is 1.75.